The van der Waals surface area contributed by atoms with Gasteiger partial charge in [-0.1, -0.05) is 6.92 Å². The van der Waals surface area contributed by atoms with Crippen LogP contribution in [0.2, 0.25) is 0 Å². The Labute approximate surface area is 111 Å². The molecule has 18 heavy (non-hydrogen) atoms. The van der Waals surface area contributed by atoms with Crippen LogP contribution < -0.4 is 5.32 Å². The summed E-state index contributed by atoms with van der Waals surface area (Å²) in [4.78, 5) is 2.40. The number of nitriles is 1. The van der Waals surface area contributed by atoms with Gasteiger partial charge in [-0.15, -0.1) is 0 Å². The topological polar surface area (TPSA) is 48.3 Å². The summed E-state index contributed by atoms with van der Waals surface area (Å²) in [5, 5.41) is 12.6. The van der Waals surface area contributed by atoms with E-state index in [1.165, 1.54) is 12.8 Å². The Bertz CT molecular complexity index is 285. The van der Waals surface area contributed by atoms with Gasteiger partial charge in [0, 0.05) is 26.2 Å². The smallest absolute Gasteiger partial charge is 0.116 e. The van der Waals surface area contributed by atoms with E-state index in [1.807, 2.05) is 13.8 Å². The molecule has 0 aromatic carbocycles. The van der Waals surface area contributed by atoms with Gasteiger partial charge in [0.05, 0.1) is 12.7 Å². The van der Waals surface area contributed by atoms with E-state index in [4.69, 9.17) is 4.74 Å². The standard InChI is InChI=1S/C14H27N3O/c1-5-16-14(3,10-15)11-17(8-9-18-4)12(2)13-6-7-13/h12-13,16H,5-9,11H2,1-4H3. The summed E-state index contributed by atoms with van der Waals surface area (Å²) in [5.74, 6) is 0.812. The van der Waals surface area contributed by atoms with Crippen molar-refractivity contribution < 1.29 is 4.74 Å². The summed E-state index contributed by atoms with van der Waals surface area (Å²) in [6, 6.07) is 2.95. The van der Waals surface area contributed by atoms with E-state index in [0.717, 1.165) is 32.2 Å². The number of nitrogens with one attached hydrogen (secondary N) is 1. The van der Waals surface area contributed by atoms with Crippen LogP contribution in [0, 0.1) is 17.2 Å². The van der Waals surface area contributed by atoms with Crippen molar-refractivity contribution in [3.63, 3.8) is 0 Å². The van der Waals surface area contributed by atoms with Crippen LogP contribution in [0.25, 0.3) is 0 Å². The number of rotatable bonds is 9. The normalized spacial score (nSPS) is 20.4. The van der Waals surface area contributed by atoms with E-state index < -0.39 is 5.54 Å². The Morgan fingerprint density at radius 1 is 1.56 bits per heavy atom. The molecule has 1 aliphatic rings. The highest BCUT2D eigenvalue weighted by Crippen LogP contribution is 2.35. The van der Waals surface area contributed by atoms with E-state index in [2.05, 4.69) is 23.2 Å². The average Bonchev–Trinajstić information content (AvgIpc) is 3.18. The first-order valence-electron chi connectivity index (χ1n) is 6.95. The summed E-state index contributed by atoms with van der Waals surface area (Å²) >= 11 is 0. The number of likely N-dealkylation sites (N-methyl/N-ethyl adjacent to an activating group) is 1. The van der Waals surface area contributed by atoms with Gasteiger partial charge in [0.15, 0.2) is 0 Å². The third-order valence-electron chi connectivity index (χ3n) is 3.80. The molecule has 0 radical (unpaired) electrons. The molecule has 4 heteroatoms. The fourth-order valence-corrected chi connectivity index (χ4v) is 2.44. The van der Waals surface area contributed by atoms with Crippen LogP contribution in [-0.4, -0.2) is 49.8 Å². The molecule has 0 heterocycles. The van der Waals surface area contributed by atoms with E-state index in [9.17, 15) is 5.26 Å². The molecule has 2 atom stereocenters. The second-order valence-corrected chi connectivity index (χ2v) is 5.52. The van der Waals surface area contributed by atoms with Gasteiger partial charge in [0.25, 0.3) is 0 Å². The van der Waals surface area contributed by atoms with Crippen LogP contribution in [0.5, 0.6) is 0 Å². The van der Waals surface area contributed by atoms with Crippen molar-refractivity contribution in [2.75, 3.05) is 33.4 Å². The van der Waals surface area contributed by atoms with Gasteiger partial charge in [-0.3, -0.25) is 10.2 Å². The SMILES string of the molecule is CCNC(C)(C#N)CN(CCOC)C(C)C1CC1. The quantitative estimate of drug-likeness (QED) is 0.678. The van der Waals surface area contributed by atoms with Crippen molar-refractivity contribution in [1.82, 2.24) is 10.2 Å². The molecule has 0 spiro atoms. The van der Waals surface area contributed by atoms with Gasteiger partial charge in [0.2, 0.25) is 0 Å². The van der Waals surface area contributed by atoms with E-state index in [1.54, 1.807) is 7.11 Å². The maximum absolute atomic E-state index is 9.36. The third kappa shape index (κ3) is 4.56. The highest BCUT2D eigenvalue weighted by Gasteiger charge is 2.35. The van der Waals surface area contributed by atoms with Crippen molar-refractivity contribution in [3.8, 4) is 6.07 Å². The summed E-state index contributed by atoms with van der Waals surface area (Å²) in [6.07, 6.45) is 2.66. The zero-order chi connectivity index (χ0) is 13.6. The summed E-state index contributed by atoms with van der Waals surface area (Å²) in [7, 11) is 1.73. The van der Waals surface area contributed by atoms with E-state index in [0.29, 0.717) is 6.04 Å². The van der Waals surface area contributed by atoms with Crippen molar-refractivity contribution in [2.24, 2.45) is 5.92 Å². The fraction of sp³-hybridized carbons (Fsp3) is 0.929. The Morgan fingerprint density at radius 3 is 2.67 bits per heavy atom. The lowest BCUT2D eigenvalue weighted by Crippen LogP contribution is -2.53. The fourth-order valence-electron chi connectivity index (χ4n) is 2.44. The first-order chi connectivity index (χ1) is 8.56. The molecule has 104 valence electrons. The number of methoxy groups -OCH3 is 1. The van der Waals surface area contributed by atoms with Crippen molar-refractivity contribution in [3.05, 3.63) is 0 Å². The first kappa shape index (κ1) is 15.4. The van der Waals surface area contributed by atoms with Crippen LogP contribution in [0.3, 0.4) is 0 Å². The minimum absolute atomic E-state index is 0.467. The molecule has 1 fully saturated rings. The van der Waals surface area contributed by atoms with E-state index >= 15 is 0 Å². The second kappa shape index (κ2) is 7.08. The van der Waals surface area contributed by atoms with Gasteiger partial charge in [-0.25, -0.2) is 0 Å². The lowest BCUT2D eigenvalue weighted by Gasteiger charge is -2.35. The summed E-state index contributed by atoms with van der Waals surface area (Å²) in [6.45, 7) is 9.51. The lowest BCUT2D eigenvalue weighted by atomic mass is 10.0. The van der Waals surface area contributed by atoms with Crippen LogP contribution in [-0.2, 0) is 4.74 Å². The molecule has 0 bridgehead atoms. The highest BCUT2D eigenvalue weighted by atomic mass is 16.5. The Morgan fingerprint density at radius 2 is 2.22 bits per heavy atom. The molecule has 0 aromatic heterocycles. The Kier molecular flexibility index (Phi) is 6.07. The molecule has 4 nitrogen and oxygen atoms in total. The molecule has 1 aliphatic carbocycles. The second-order valence-electron chi connectivity index (χ2n) is 5.52. The molecule has 1 saturated carbocycles. The highest BCUT2D eigenvalue weighted by molar-refractivity contribution is 5.06. The largest absolute Gasteiger partial charge is 0.383 e. The summed E-state index contributed by atoms with van der Waals surface area (Å²) in [5.41, 5.74) is -0.467. The minimum Gasteiger partial charge on any atom is -0.383 e. The Balaban J connectivity index is 2.60. The molecule has 0 amide bonds. The molecule has 2 unspecified atom stereocenters. The van der Waals surface area contributed by atoms with Crippen LogP contribution in [0.1, 0.15) is 33.6 Å². The van der Waals surface area contributed by atoms with Gasteiger partial charge in [-0.2, -0.15) is 5.26 Å². The number of ether oxygens (including phenoxy) is 1. The molecule has 1 rings (SSSR count). The number of hydrogen-bond donors (Lipinski definition) is 1. The lowest BCUT2D eigenvalue weighted by molar-refractivity contribution is 0.101. The number of hydrogen-bond acceptors (Lipinski definition) is 4. The molecular weight excluding hydrogens is 226 g/mol. The predicted molar refractivity (Wildman–Crippen MR) is 73.3 cm³/mol. The zero-order valence-electron chi connectivity index (χ0n) is 12.2. The maximum Gasteiger partial charge on any atom is 0.116 e. The average molecular weight is 253 g/mol. The van der Waals surface area contributed by atoms with Gasteiger partial charge in [-0.05, 0) is 39.2 Å². The van der Waals surface area contributed by atoms with Crippen LogP contribution in [0.15, 0.2) is 0 Å². The first-order valence-corrected chi connectivity index (χ1v) is 6.95. The molecule has 0 saturated heterocycles. The van der Waals surface area contributed by atoms with Gasteiger partial charge >= 0.3 is 0 Å². The Hall–Kier alpha value is -0.630. The number of nitrogens with zero attached hydrogens (tertiary/aromatic N) is 2. The molecule has 1 N–H and O–H groups in total. The molecule has 0 aromatic rings. The zero-order valence-corrected chi connectivity index (χ0v) is 12.2. The van der Waals surface area contributed by atoms with Crippen molar-refractivity contribution in [1.29, 1.82) is 5.26 Å². The predicted octanol–water partition coefficient (Wildman–Crippen LogP) is 1.63. The maximum atomic E-state index is 9.36. The monoisotopic (exact) mass is 253 g/mol. The van der Waals surface area contributed by atoms with Crippen molar-refractivity contribution >= 4 is 0 Å². The van der Waals surface area contributed by atoms with E-state index in [-0.39, 0.29) is 0 Å². The molecular formula is C14H27N3O. The molecule has 0 aliphatic heterocycles. The van der Waals surface area contributed by atoms with Crippen molar-refractivity contribution in [2.45, 2.75) is 45.2 Å². The van der Waals surface area contributed by atoms with Gasteiger partial charge in [0.1, 0.15) is 5.54 Å². The summed E-state index contributed by atoms with van der Waals surface area (Å²) < 4.78 is 5.19. The van der Waals surface area contributed by atoms with Gasteiger partial charge < -0.3 is 4.74 Å². The van der Waals surface area contributed by atoms with Crippen LogP contribution in [0.4, 0.5) is 0 Å². The third-order valence-corrected chi connectivity index (χ3v) is 3.80. The minimum atomic E-state index is -0.467. The van der Waals surface area contributed by atoms with Crippen LogP contribution >= 0.6 is 0 Å².